The minimum absolute atomic E-state index is 0.116. The molecule has 1 rings (SSSR count). The van der Waals surface area contributed by atoms with Gasteiger partial charge in [-0.05, 0) is 6.07 Å². The maximum Gasteiger partial charge on any atom is 0.151 e. The van der Waals surface area contributed by atoms with Crippen LogP contribution in [0, 0.1) is 5.82 Å². The van der Waals surface area contributed by atoms with Crippen molar-refractivity contribution in [1.82, 2.24) is 0 Å². The van der Waals surface area contributed by atoms with Crippen molar-refractivity contribution < 1.29 is 4.39 Å². The van der Waals surface area contributed by atoms with Crippen LogP contribution >= 0.6 is 0 Å². The lowest BCUT2D eigenvalue weighted by Gasteiger charge is -2.08. The second-order valence-electron chi connectivity index (χ2n) is 2.51. The molecular weight excluding hydrogens is 155 g/mol. The summed E-state index contributed by atoms with van der Waals surface area (Å²) in [5.74, 6) is -0.454. The van der Waals surface area contributed by atoms with Gasteiger partial charge in [-0.1, -0.05) is 18.2 Å². The first kappa shape index (κ1) is 8.74. The maximum atomic E-state index is 13.2. The SMILES string of the molecule is C=C[C@H](N)c1cccc(N)c1F. The minimum Gasteiger partial charge on any atom is -0.396 e. The molecule has 1 atom stereocenters. The molecule has 0 radical (unpaired) electrons. The van der Waals surface area contributed by atoms with E-state index in [4.69, 9.17) is 11.5 Å². The summed E-state index contributed by atoms with van der Waals surface area (Å²) in [5, 5.41) is 0. The van der Waals surface area contributed by atoms with Gasteiger partial charge in [-0.25, -0.2) is 4.39 Å². The second kappa shape index (κ2) is 3.36. The molecule has 1 aromatic rings. The van der Waals surface area contributed by atoms with E-state index < -0.39 is 11.9 Å². The van der Waals surface area contributed by atoms with Crippen LogP contribution in [0.1, 0.15) is 11.6 Å². The Morgan fingerprint density at radius 1 is 1.50 bits per heavy atom. The lowest BCUT2D eigenvalue weighted by molar-refractivity contribution is 0.607. The van der Waals surface area contributed by atoms with Crippen LogP contribution in [0.3, 0.4) is 0 Å². The molecule has 64 valence electrons. The normalized spacial score (nSPS) is 12.5. The summed E-state index contributed by atoms with van der Waals surface area (Å²) >= 11 is 0. The molecule has 0 fully saturated rings. The summed E-state index contributed by atoms with van der Waals surface area (Å²) in [6.45, 7) is 3.48. The molecule has 4 N–H and O–H groups in total. The summed E-state index contributed by atoms with van der Waals surface area (Å²) in [6, 6.07) is 4.26. The molecule has 0 spiro atoms. The molecule has 0 heterocycles. The zero-order valence-electron chi connectivity index (χ0n) is 6.63. The van der Waals surface area contributed by atoms with E-state index in [0.29, 0.717) is 5.56 Å². The quantitative estimate of drug-likeness (QED) is 0.518. The van der Waals surface area contributed by atoms with Gasteiger partial charge < -0.3 is 11.5 Å². The zero-order chi connectivity index (χ0) is 9.14. The van der Waals surface area contributed by atoms with E-state index in [2.05, 4.69) is 6.58 Å². The van der Waals surface area contributed by atoms with Crippen molar-refractivity contribution in [2.45, 2.75) is 6.04 Å². The minimum atomic E-state index is -0.492. The molecule has 2 nitrogen and oxygen atoms in total. The Morgan fingerprint density at radius 3 is 2.75 bits per heavy atom. The number of anilines is 1. The van der Waals surface area contributed by atoms with Gasteiger partial charge in [0.05, 0.1) is 11.7 Å². The molecule has 0 saturated heterocycles. The molecule has 0 aliphatic rings. The van der Waals surface area contributed by atoms with Gasteiger partial charge in [-0.3, -0.25) is 0 Å². The first-order valence-corrected chi connectivity index (χ1v) is 3.59. The average Bonchev–Trinajstić information content (AvgIpc) is 2.08. The molecular formula is C9H11FN2. The fourth-order valence-electron chi connectivity index (χ4n) is 0.953. The van der Waals surface area contributed by atoms with E-state index >= 15 is 0 Å². The van der Waals surface area contributed by atoms with Crippen molar-refractivity contribution in [2.24, 2.45) is 5.73 Å². The predicted octanol–water partition coefficient (Wildman–Crippen LogP) is 1.59. The summed E-state index contributed by atoms with van der Waals surface area (Å²) in [6.07, 6.45) is 1.47. The highest BCUT2D eigenvalue weighted by molar-refractivity contribution is 5.44. The summed E-state index contributed by atoms with van der Waals surface area (Å²) in [4.78, 5) is 0. The third-order valence-electron chi connectivity index (χ3n) is 1.67. The molecule has 0 aliphatic heterocycles. The number of halogens is 1. The molecule has 0 saturated carbocycles. The summed E-state index contributed by atoms with van der Waals surface area (Å²) < 4.78 is 13.2. The van der Waals surface area contributed by atoms with Crippen molar-refractivity contribution in [2.75, 3.05) is 5.73 Å². The fourth-order valence-corrected chi connectivity index (χ4v) is 0.953. The topological polar surface area (TPSA) is 52.0 Å². The predicted molar refractivity (Wildman–Crippen MR) is 47.9 cm³/mol. The van der Waals surface area contributed by atoms with E-state index in [1.54, 1.807) is 12.1 Å². The Balaban J connectivity index is 3.15. The van der Waals surface area contributed by atoms with Gasteiger partial charge in [-0.2, -0.15) is 0 Å². The molecule has 0 aromatic heterocycles. The molecule has 3 heteroatoms. The van der Waals surface area contributed by atoms with Crippen molar-refractivity contribution in [3.8, 4) is 0 Å². The number of nitrogen functional groups attached to an aromatic ring is 1. The molecule has 12 heavy (non-hydrogen) atoms. The van der Waals surface area contributed by atoms with E-state index in [1.165, 1.54) is 12.1 Å². The average molecular weight is 166 g/mol. The molecule has 0 aliphatic carbocycles. The van der Waals surface area contributed by atoms with Crippen molar-refractivity contribution in [3.05, 3.63) is 42.2 Å². The molecule has 0 bridgehead atoms. The number of hydrogen-bond acceptors (Lipinski definition) is 2. The summed E-state index contributed by atoms with van der Waals surface area (Å²) in [7, 11) is 0. The number of benzene rings is 1. The lowest BCUT2D eigenvalue weighted by atomic mass is 10.1. The van der Waals surface area contributed by atoms with Crippen molar-refractivity contribution in [1.29, 1.82) is 0 Å². The van der Waals surface area contributed by atoms with Gasteiger partial charge in [0.1, 0.15) is 0 Å². The number of hydrogen-bond donors (Lipinski definition) is 2. The third kappa shape index (κ3) is 1.46. The summed E-state index contributed by atoms with van der Waals surface area (Å²) in [5.41, 5.74) is 11.4. The van der Waals surface area contributed by atoms with Gasteiger partial charge in [0, 0.05) is 5.56 Å². The Bertz CT molecular complexity index is 297. The first-order valence-electron chi connectivity index (χ1n) is 3.59. The first-order chi connectivity index (χ1) is 5.66. The maximum absolute atomic E-state index is 13.2. The van der Waals surface area contributed by atoms with Crippen LogP contribution in [-0.2, 0) is 0 Å². The third-order valence-corrected chi connectivity index (χ3v) is 1.67. The largest absolute Gasteiger partial charge is 0.396 e. The highest BCUT2D eigenvalue weighted by Crippen LogP contribution is 2.20. The number of rotatable bonds is 2. The molecule has 0 unspecified atom stereocenters. The van der Waals surface area contributed by atoms with Crippen LogP contribution in [0.25, 0.3) is 0 Å². The standard InChI is InChI=1S/C9H11FN2/c1-2-7(11)6-4-3-5-8(12)9(6)10/h2-5,7H,1,11-12H2/t7-/m0/s1. The van der Waals surface area contributed by atoms with E-state index in [1.807, 2.05) is 0 Å². The molecule has 1 aromatic carbocycles. The highest BCUT2D eigenvalue weighted by Gasteiger charge is 2.09. The Hall–Kier alpha value is -1.35. The van der Waals surface area contributed by atoms with Crippen molar-refractivity contribution in [3.63, 3.8) is 0 Å². The second-order valence-corrected chi connectivity index (χ2v) is 2.51. The van der Waals surface area contributed by atoms with Gasteiger partial charge in [-0.15, -0.1) is 6.58 Å². The van der Waals surface area contributed by atoms with Crippen LogP contribution in [0.2, 0.25) is 0 Å². The Labute approximate surface area is 70.7 Å². The van der Waals surface area contributed by atoms with Crippen LogP contribution in [0.5, 0.6) is 0 Å². The van der Waals surface area contributed by atoms with E-state index in [-0.39, 0.29) is 5.69 Å². The Morgan fingerprint density at radius 2 is 2.17 bits per heavy atom. The van der Waals surface area contributed by atoms with Gasteiger partial charge >= 0.3 is 0 Å². The molecule has 0 amide bonds. The highest BCUT2D eigenvalue weighted by atomic mass is 19.1. The van der Waals surface area contributed by atoms with Gasteiger partial charge in [0.25, 0.3) is 0 Å². The monoisotopic (exact) mass is 166 g/mol. The number of nitrogens with two attached hydrogens (primary N) is 2. The van der Waals surface area contributed by atoms with Gasteiger partial charge in [0.15, 0.2) is 5.82 Å². The lowest BCUT2D eigenvalue weighted by Crippen LogP contribution is -2.09. The Kier molecular flexibility index (Phi) is 2.45. The van der Waals surface area contributed by atoms with Crippen LogP contribution in [0.4, 0.5) is 10.1 Å². The van der Waals surface area contributed by atoms with Crippen LogP contribution in [0.15, 0.2) is 30.9 Å². The van der Waals surface area contributed by atoms with E-state index in [0.717, 1.165) is 0 Å². The van der Waals surface area contributed by atoms with Crippen LogP contribution < -0.4 is 11.5 Å². The fraction of sp³-hybridized carbons (Fsp3) is 0.111. The van der Waals surface area contributed by atoms with Crippen molar-refractivity contribution >= 4 is 5.69 Å². The van der Waals surface area contributed by atoms with Crippen LogP contribution in [-0.4, -0.2) is 0 Å². The van der Waals surface area contributed by atoms with Gasteiger partial charge in [0.2, 0.25) is 0 Å². The van der Waals surface area contributed by atoms with E-state index in [9.17, 15) is 4.39 Å². The smallest absolute Gasteiger partial charge is 0.151 e. The zero-order valence-corrected chi connectivity index (χ0v) is 6.63.